The van der Waals surface area contributed by atoms with E-state index in [1.807, 2.05) is 31.2 Å². The number of halogens is 1. The van der Waals surface area contributed by atoms with Gasteiger partial charge in [-0.2, -0.15) is 0 Å². The second-order valence-electron chi connectivity index (χ2n) is 9.43. The Morgan fingerprint density at radius 2 is 1.82 bits per heavy atom. The maximum atomic E-state index is 13.5. The van der Waals surface area contributed by atoms with Crippen LogP contribution in [-0.4, -0.2) is 38.2 Å². The van der Waals surface area contributed by atoms with Crippen LogP contribution in [0.3, 0.4) is 0 Å². The Morgan fingerprint density at radius 1 is 1.15 bits per heavy atom. The fourth-order valence-electron chi connectivity index (χ4n) is 4.50. The van der Waals surface area contributed by atoms with E-state index in [2.05, 4.69) is 9.97 Å². The Bertz CT molecular complexity index is 1140. The SMILES string of the molecule is C[C@@H](c1ccc(-c2cnc(N)cn2)cc1)N1CC[C@](CC(C)(C)O)(c2ccc(F)cc2)OC1=O. The van der Waals surface area contributed by atoms with Gasteiger partial charge >= 0.3 is 6.09 Å². The van der Waals surface area contributed by atoms with Gasteiger partial charge < -0.3 is 20.5 Å². The highest BCUT2D eigenvalue weighted by molar-refractivity contribution is 5.70. The minimum Gasteiger partial charge on any atom is -0.438 e. The molecular weight excluding hydrogens is 435 g/mol. The predicted octanol–water partition coefficient (Wildman–Crippen LogP) is 4.82. The van der Waals surface area contributed by atoms with Gasteiger partial charge in [0.05, 0.1) is 29.7 Å². The van der Waals surface area contributed by atoms with Gasteiger partial charge in [-0.05, 0) is 44.0 Å². The van der Waals surface area contributed by atoms with Crippen LogP contribution in [0.1, 0.15) is 50.8 Å². The van der Waals surface area contributed by atoms with E-state index in [9.17, 15) is 14.3 Å². The van der Waals surface area contributed by atoms with Crippen molar-refractivity contribution in [3.63, 3.8) is 0 Å². The number of cyclic esters (lactones) is 1. The van der Waals surface area contributed by atoms with E-state index in [0.717, 1.165) is 11.1 Å². The lowest BCUT2D eigenvalue weighted by atomic mass is 9.80. The van der Waals surface area contributed by atoms with Crippen LogP contribution in [-0.2, 0) is 10.3 Å². The second kappa shape index (κ2) is 9.02. The number of hydrogen-bond acceptors (Lipinski definition) is 6. The number of hydrogen-bond donors (Lipinski definition) is 2. The molecule has 1 aromatic heterocycles. The van der Waals surface area contributed by atoms with E-state index in [0.29, 0.717) is 30.0 Å². The van der Waals surface area contributed by atoms with Gasteiger partial charge in [0.2, 0.25) is 0 Å². The highest BCUT2D eigenvalue weighted by Crippen LogP contribution is 2.42. The maximum absolute atomic E-state index is 13.5. The average Bonchev–Trinajstić information content (AvgIpc) is 2.79. The number of aromatic nitrogens is 2. The third-order valence-electron chi connectivity index (χ3n) is 6.19. The van der Waals surface area contributed by atoms with Crippen molar-refractivity contribution in [2.24, 2.45) is 0 Å². The van der Waals surface area contributed by atoms with Crippen LogP contribution >= 0.6 is 0 Å². The van der Waals surface area contributed by atoms with Crippen molar-refractivity contribution in [1.29, 1.82) is 0 Å². The summed E-state index contributed by atoms with van der Waals surface area (Å²) in [6, 6.07) is 13.4. The molecule has 1 fully saturated rings. The molecular formula is C26H29FN4O3. The zero-order valence-corrected chi connectivity index (χ0v) is 19.5. The number of benzene rings is 2. The van der Waals surface area contributed by atoms with E-state index in [1.54, 1.807) is 37.1 Å². The van der Waals surface area contributed by atoms with Crippen molar-refractivity contribution in [3.05, 3.63) is 77.9 Å². The van der Waals surface area contributed by atoms with E-state index in [1.165, 1.54) is 18.3 Å². The molecule has 0 spiro atoms. The first-order valence-electron chi connectivity index (χ1n) is 11.2. The molecule has 8 heteroatoms. The van der Waals surface area contributed by atoms with Gasteiger partial charge in [-0.1, -0.05) is 36.4 Å². The monoisotopic (exact) mass is 464 g/mol. The molecule has 3 aromatic rings. The molecule has 1 aliphatic rings. The third-order valence-corrected chi connectivity index (χ3v) is 6.19. The summed E-state index contributed by atoms with van der Waals surface area (Å²) in [4.78, 5) is 23.2. The number of nitrogens with two attached hydrogens (primary N) is 1. The molecule has 2 aromatic carbocycles. The average molecular weight is 465 g/mol. The van der Waals surface area contributed by atoms with Gasteiger partial charge in [0.15, 0.2) is 0 Å². The lowest BCUT2D eigenvalue weighted by molar-refractivity contribution is -0.101. The summed E-state index contributed by atoms with van der Waals surface area (Å²) in [5, 5.41) is 10.5. The molecule has 178 valence electrons. The standard InChI is InChI=1S/C26H29FN4O3/c1-17(18-4-6-19(7-5-18)22-14-30-23(28)15-29-22)31-13-12-26(34-24(31)32,16-25(2,3)33)20-8-10-21(27)11-9-20/h4-11,14-15,17,33H,12-13,16H2,1-3H3,(H2,28,30)/t17-,26-/m0/s1. The van der Waals surface area contributed by atoms with Crippen molar-refractivity contribution in [1.82, 2.24) is 14.9 Å². The van der Waals surface area contributed by atoms with Crippen LogP contribution in [0.4, 0.5) is 15.0 Å². The van der Waals surface area contributed by atoms with Crippen molar-refractivity contribution in [3.8, 4) is 11.3 Å². The van der Waals surface area contributed by atoms with E-state index in [4.69, 9.17) is 10.5 Å². The van der Waals surface area contributed by atoms with Crippen LogP contribution in [0.25, 0.3) is 11.3 Å². The normalized spacial score (nSPS) is 19.6. The number of anilines is 1. The number of ether oxygens (including phenoxy) is 1. The zero-order valence-electron chi connectivity index (χ0n) is 19.5. The van der Waals surface area contributed by atoms with Gasteiger partial charge in [0, 0.05) is 24.9 Å². The molecule has 2 heterocycles. The summed E-state index contributed by atoms with van der Waals surface area (Å²) in [6.45, 7) is 5.72. The van der Waals surface area contributed by atoms with E-state index in [-0.39, 0.29) is 18.3 Å². The fourth-order valence-corrected chi connectivity index (χ4v) is 4.50. The van der Waals surface area contributed by atoms with Crippen molar-refractivity contribution in [2.45, 2.75) is 50.9 Å². The summed E-state index contributed by atoms with van der Waals surface area (Å²) in [7, 11) is 0. The number of nitrogens with zero attached hydrogens (tertiary/aromatic N) is 3. The highest BCUT2D eigenvalue weighted by atomic mass is 19.1. The van der Waals surface area contributed by atoms with Crippen LogP contribution in [0.15, 0.2) is 60.9 Å². The molecule has 1 aliphatic heterocycles. The minimum atomic E-state index is -1.08. The van der Waals surface area contributed by atoms with Crippen LogP contribution in [0.5, 0.6) is 0 Å². The van der Waals surface area contributed by atoms with Gasteiger partial charge in [0.25, 0.3) is 0 Å². The van der Waals surface area contributed by atoms with Crippen molar-refractivity contribution < 1.29 is 19.0 Å². The zero-order chi connectivity index (χ0) is 24.5. The van der Waals surface area contributed by atoms with Crippen LogP contribution in [0, 0.1) is 5.82 Å². The molecule has 1 saturated heterocycles. The number of amides is 1. The summed E-state index contributed by atoms with van der Waals surface area (Å²) >= 11 is 0. The van der Waals surface area contributed by atoms with Gasteiger partial charge in [-0.25, -0.2) is 14.2 Å². The lowest BCUT2D eigenvalue weighted by Crippen LogP contribution is -2.51. The maximum Gasteiger partial charge on any atom is 0.411 e. The Balaban J connectivity index is 1.53. The third kappa shape index (κ3) is 5.02. The first-order valence-corrected chi connectivity index (χ1v) is 11.2. The molecule has 0 bridgehead atoms. The van der Waals surface area contributed by atoms with E-state index < -0.39 is 17.3 Å². The molecule has 34 heavy (non-hydrogen) atoms. The van der Waals surface area contributed by atoms with Crippen molar-refractivity contribution >= 4 is 11.9 Å². The molecule has 2 atom stereocenters. The molecule has 0 radical (unpaired) electrons. The molecule has 0 unspecified atom stereocenters. The second-order valence-corrected chi connectivity index (χ2v) is 9.43. The number of aliphatic hydroxyl groups is 1. The number of nitrogen functional groups attached to an aromatic ring is 1. The number of rotatable bonds is 6. The molecule has 0 saturated carbocycles. The van der Waals surface area contributed by atoms with Crippen LogP contribution < -0.4 is 5.73 Å². The smallest absolute Gasteiger partial charge is 0.411 e. The highest BCUT2D eigenvalue weighted by Gasteiger charge is 2.46. The Kier molecular flexibility index (Phi) is 6.27. The predicted molar refractivity (Wildman–Crippen MR) is 127 cm³/mol. The van der Waals surface area contributed by atoms with Gasteiger partial charge in [0.1, 0.15) is 17.2 Å². The summed E-state index contributed by atoms with van der Waals surface area (Å²) in [6.07, 6.45) is 3.33. The first kappa shape index (κ1) is 23.6. The summed E-state index contributed by atoms with van der Waals surface area (Å²) in [5.41, 5.74) is 6.72. The molecule has 1 amide bonds. The number of carbonyl (C=O) groups is 1. The van der Waals surface area contributed by atoms with Gasteiger partial charge in [-0.15, -0.1) is 0 Å². The van der Waals surface area contributed by atoms with E-state index >= 15 is 0 Å². The molecule has 7 nitrogen and oxygen atoms in total. The molecule has 0 aliphatic carbocycles. The van der Waals surface area contributed by atoms with Crippen molar-refractivity contribution in [2.75, 3.05) is 12.3 Å². The number of carbonyl (C=O) groups excluding carboxylic acids is 1. The van der Waals surface area contributed by atoms with Crippen LogP contribution in [0.2, 0.25) is 0 Å². The Morgan fingerprint density at radius 3 is 2.38 bits per heavy atom. The molecule has 4 rings (SSSR count). The summed E-state index contributed by atoms with van der Waals surface area (Å²) < 4.78 is 19.5. The lowest BCUT2D eigenvalue weighted by Gasteiger charge is -2.45. The minimum absolute atomic E-state index is 0.205. The van der Waals surface area contributed by atoms with Gasteiger partial charge in [-0.3, -0.25) is 4.98 Å². The topological polar surface area (TPSA) is 102 Å². The first-order chi connectivity index (χ1) is 16.1. The quantitative estimate of drug-likeness (QED) is 0.542. The molecule has 3 N–H and O–H groups in total. The Hall–Kier alpha value is -3.52. The Labute approximate surface area is 198 Å². The summed E-state index contributed by atoms with van der Waals surface area (Å²) in [5.74, 6) is -0.00755. The fraction of sp³-hybridized carbons (Fsp3) is 0.346. The largest absolute Gasteiger partial charge is 0.438 e.